The van der Waals surface area contributed by atoms with E-state index < -0.39 is 6.10 Å². The number of carbonyl (C=O) groups is 1. The molecule has 1 aliphatic rings. The van der Waals surface area contributed by atoms with Crippen molar-refractivity contribution in [1.82, 2.24) is 5.32 Å². The summed E-state index contributed by atoms with van der Waals surface area (Å²) in [5.41, 5.74) is 0. The Kier molecular flexibility index (Phi) is 2.87. The van der Waals surface area contributed by atoms with E-state index in [4.69, 9.17) is 10.00 Å². The number of ether oxygens (including phenoxy) is 1. The zero-order chi connectivity index (χ0) is 8.10. The highest BCUT2D eigenvalue weighted by atomic mass is 16.5. The molecule has 0 bridgehead atoms. The lowest BCUT2D eigenvalue weighted by Crippen LogP contribution is -2.35. The molecule has 0 spiro atoms. The summed E-state index contributed by atoms with van der Waals surface area (Å²) in [5, 5.41) is 10.2. The van der Waals surface area contributed by atoms with Crippen LogP contribution in [-0.4, -0.2) is 18.6 Å². The molecule has 1 saturated heterocycles. The fourth-order valence-corrected chi connectivity index (χ4v) is 1.08. The van der Waals surface area contributed by atoms with Gasteiger partial charge in [-0.2, -0.15) is 5.26 Å². The molecule has 1 fully saturated rings. The maximum absolute atomic E-state index is 10.9. The van der Waals surface area contributed by atoms with E-state index in [2.05, 4.69) is 5.32 Å². The summed E-state index contributed by atoms with van der Waals surface area (Å²) >= 11 is 0. The van der Waals surface area contributed by atoms with E-state index in [1.54, 1.807) is 6.19 Å². The van der Waals surface area contributed by atoms with E-state index >= 15 is 0 Å². The highest BCUT2D eigenvalue weighted by molar-refractivity contribution is 5.82. The second-order valence-corrected chi connectivity index (χ2v) is 2.46. The lowest BCUT2D eigenvalue weighted by molar-refractivity contribution is -0.134. The third-order valence-electron chi connectivity index (χ3n) is 1.65. The van der Waals surface area contributed by atoms with Gasteiger partial charge >= 0.3 is 0 Å². The van der Waals surface area contributed by atoms with Crippen LogP contribution in [0.4, 0.5) is 0 Å². The standard InChI is InChI=1S/C7H10N2O2/c8-5-9-7(10)6-3-1-2-4-11-6/h6H,1-4H2,(H,9,10). The number of nitriles is 1. The molecule has 60 valence electrons. The molecule has 0 aromatic rings. The fourth-order valence-electron chi connectivity index (χ4n) is 1.08. The first-order valence-corrected chi connectivity index (χ1v) is 3.65. The molecule has 0 aliphatic carbocycles. The lowest BCUT2D eigenvalue weighted by Gasteiger charge is -2.19. The second-order valence-electron chi connectivity index (χ2n) is 2.46. The molecule has 0 radical (unpaired) electrons. The van der Waals surface area contributed by atoms with Gasteiger partial charge in [-0.3, -0.25) is 10.1 Å². The Bertz CT molecular complexity index is 179. The molecule has 1 amide bonds. The number of carbonyl (C=O) groups excluding carboxylic acids is 1. The topological polar surface area (TPSA) is 62.1 Å². The van der Waals surface area contributed by atoms with Crippen molar-refractivity contribution in [3.63, 3.8) is 0 Å². The highest BCUT2D eigenvalue weighted by Gasteiger charge is 2.21. The summed E-state index contributed by atoms with van der Waals surface area (Å²) in [6.07, 6.45) is 3.93. The molecule has 4 nitrogen and oxygen atoms in total. The van der Waals surface area contributed by atoms with Crippen molar-refractivity contribution in [1.29, 1.82) is 5.26 Å². The molecule has 0 aromatic heterocycles. The molecule has 0 saturated carbocycles. The Hall–Kier alpha value is -1.08. The quantitative estimate of drug-likeness (QED) is 0.432. The molecule has 1 atom stereocenters. The molecule has 1 heterocycles. The van der Waals surface area contributed by atoms with E-state index in [9.17, 15) is 4.79 Å². The summed E-state index contributed by atoms with van der Waals surface area (Å²) in [6, 6.07) is 0. The number of hydrogen-bond donors (Lipinski definition) is 1. The van der Waals surface area contributed by atoms with Gasteiger partial charge in [0.15, 0.2) is 6.19 Å². The van der Waals surface area contributed by atoms with Crippen LogP contribution in [0.3, 0.4) is 0 Å². The monoisotopic (exact) mass is 154 g/mol. The zero-order valence-electron chi connectivity index (χ0n) is 6.17. The molecule has 0 aromatic carbocycles. The van der Waals surface area contributed by atoms with Gasteiger partial charge in [0.2, 0.25) is 0 Å². The number of amides is 1. The van der Waals surface area contributed by atoms with Crippen molar-refractivity contribution in [2.24, 2.45) is 0 Å². The molecule has 1 rings (SSSR count). The van der Waals surface area contributed by atoms with Crippen LogP contribution in [0.5, 0.6) is 0 Å². The average molecular weight is 154 g/mol. The number of hydrogen-bond acceptors (Lipinski definition) is 3. The molecule has 1 unspecified atom stereocenters. The van der Waals surface area contributed by atoms with Crippen LogP contribution in [0.15, 0.2) is 0 Å². The Morgan fingerprint density at radius 3 is 3.00 bits per heavy atom. The van der Waals surface area contributed by atoms with E-state index in [0.717, 1.165) is 19.3 Å². The Labute approximate surface area is 65.1 Å². The van der Waals surface area contributed by atoms with Crippen LogP contribution in [-0.2, 0) is 9.53 Å². The Balaban J connectivity index is 2.34. The van der Waals surface area contributed by atoms with Crippen molar-refractivity contribution < 1.29 is 9.53 Å². The number of nitrogens with one attached hydrogen (secondary N) is 1. The van der Waals surface area contributed by atoms with Crippen molar-refractivity contribution >= 4 is 5.91 Å². The first kappa shape index (κ1) is 8.02. The van der Waals surface area contributed by atoms with Crippen LogP contribution < -0.4 is 5.32 Å². The average Bonchev–Trinajstić information content (AvgIpc) is 2.07. The SMILES string of the molecule is N#CNC(=O)C1CCCCO1. The van der Waals surface area contributed by atoms with Gasteiger partial charge in [0.25, 0.3) is 5.91 Å². The van der Waals surface area contributed by atoms with Crippen LogP contribution in [0.2, 0.25) is 0 Å². The van der Waals surface area contributed by atoms with Crippen LogP contribution in [0, 0.1) is 11.5 Å². The first-order valence-electron chi connectivity index (χ1n) is 3.65. The Morgan fingerprint density at radius 2 is 2.45 bits per heavy atom. The first-order chi connectivity index (χ1) is 5.34. The summed E-state index contributed by atoms with van der Waals surface area (Å²) < 4.78 is 5.13. The third-order valence-corrected chi connectivity index (χ3v) is 1.65. The minimum atomic E-state index is -0.400. The minimum Gasteiger partial charge on any atom is -0.368 e. The largest absolute Gasteiger partial charge is 0.368 e. The molecular weight excluding hydrogens is 144 g/mol. The lowest BCUT2D eigenvalue weighted by atomic mass is 10.1. The van der Waals surface area contributed by atoms with Gasteiger partial charge in [-0.05, 0) is 19.3 Å². The predicted octanol–water partition coefficient (Wildman–Crippen LogP) is 0.153. The van der Waals surface area contributed by atoms with Gasteiger partial charge in [0.05, 0.1) is 0 Å². The predicted molar refractivity (Wildman–Crippen MR) is 37.3 cm³/mol. The highest BCUT2D eigenvalue weighted by Crippen LogP contribution is 2.12. The maximum atomic E-state index is 10.9. The van der Waals surface area contributed by atoms with E-state index in [1.165, 1.54) is 0 Å². The second kappa shape index (κ2) is 3.94. The summed E-state index contributed by atoms with van der Waals surface area (Å²) in [4.78, 5) is 10.9. The van der Waals surface area contributed by atoms with Crippen molar-refractivity contribution in [2.45, 2.75) is 25.4 Å². The van der Waals surface area contributed by atoms with Gasteiger partial charge in [-0.25, -0.2) is 0 Å². The number of nitrogens with zero attached hydrogens (tertiary/aromatic N) is 1. The summed E-state index contributed by atoms with van der Waals surface area (Å²) in [7, 11) is 0. The molecular formula is C7H10N2O2. The van der Waals surface area contributed by atoms with Gasteiger partial charge in [0.1, 0.15) is 6.10 Å². The van der Waals surface area contributed by atoms with Crippen molar-refractivity contribution in [3.05, 3.63) is 0 Å². The van der Waals surface area contributed by atoms with Gasteiger partial charge < -0.3 is 4.74 Å². The minimum absolute atomic E-state index is 0.313. The normalized spacial score (nSPS) is 23.7. The smallest absolute Gasteiger partial charge is 0.262 e. The number of rotatable bonds is 1. The maximum Gasteiger partial charge on any atom is 0.262 e. The molecule has 1 aliphatic heterocycles. The van der Waals surface area contributed by atoms with E-state index in [-0.39, 0.29) is 5.91 Å². The van der Waals surface area contributed by atoms with Crippen LogP contribution >= 0.6 is 0 Å². The Morgan fingerprint density at radius 1 is 1.64 bits per heavy atom. The third kappa shape index (κ3) is 2.20. The van der Waals surface area contributed by atoms with Crippen molar-refractivity contribution in [3.8, 4) is 6.19 Å². The van der Waals surface area contributed by atoms with E-state index in [1.807, 2.05) is 0 Å². The van der Waals surface area contributed by atoms with Crippen LogP contribution in [0.25, 0.3) is 0 Å². The van der Waals surface area contributed by atoms with Gasteiger partial charge in [0, 0.05) is 6.61 Å². The summed E-state index contributed by atoms with van der Waals surface area (Å²) in [5.74, 6) is -0.313. The molecule has 11 heavy (non-hydrogen) atoms. The van der Waals surface area contributed by atoms with Gasteiger partial charge in [-0.1, -0.05) is 0 Å². The fraction of sp³-hybridized carbons (Fsp3) is 0.714. The zero-order valence-corrected chi connectivity index (χ0v) is 6.17. The van der Waals surface area contributed by atoms with E-state index in [0.29, 0.717) is 6.61 Å². The van der Waals surface area contributed by atoms with Crippen LogP contribution in [0.1, 0.15) is 19.3 Å². The van der Waals surface area contributed by atoms with Crippen molar-refractivity contribution in [2.75, 3.05) is 6.61 Å². The summed E-state index contributed by atoms with van der Waals surface area (Å²) in [6.45, 7) is 0.628. The molecule has 4 heteroatoms. The molecule has 1 N–H and O–H groups in total. The van der Waals surface area contributed by atoms with Gasteiger partial charge in [-0.15, -0.1) is 0 Å².